The Morgan fingerprint density at radius 2 is 1.83 bits per heavy atom. The minimum atomic E-state index is 0.527. The summed E-state index contributed by atoms with van der Waals surface area (Å²) in [5, 5.41) is 1.33. The zero-order valence-corrected chi connectivity index (χ0v) is 14.4. The van der Waals surface area contributed by atoms with E-state index in [0.29, 0.717) is 5.92 Å². The Balaban J connectivity index is 2.02. The zero-order valence-electron chi connectivity index (χ0n) is 14.4. The van der Waals surface area contributed by atoms with Crippen molar-refractivity contribution in [3.05, 3.63) is 64.2 Å². The maximum absolute atomic E-state index is 5.08. The Hall–Kier alpha value is -2.15. The minimum Gasteiger partial charge on any atom is -0.247 e. The molecule has 116 valence electrons. The predicted molar refractivity (Wildman–Crippen MR) is 98.2 cm³/mol. The molecule has 1 heteroatoms. The maximum atomic E-state index is 5.08. The molecule has 0 radical (unpaired) electrons. The van der Waals surface area contributed by atoms with E-state index in [0.717, 1.165) is 18.4 Å². The molecule has 0 saturated heterocycles. The third-order valence-electron chi connectivity index (χ3n) is 5.11. The van der Waals surface area contributed by atoms with Gasteiger partial charge in [0, 0.05) is 10.9 Å². The molecule has 4 rings (SSSR count). The smallest absolute Gasteiger partial charge is 0.0744 e. The first-order chi connectivity index (χ1) is 11.0. The quantitative estimate of drug-likeness (QED) is 0.558. The van der Waals surface area contributed by atoms with Crippen molar-refractivity contribution in [1.82, 2.24) is 4.98 Å². The van der Waals surface area contributed by atoms with Crippen molar-refractivity contribution in [2.45, 2.75) is 46.5 Å². The van der Waals surface area contributed by atoms with E-state index in [1.807, 2.05) is 0 Å². The lowest BCUT2D eigenvalue weighted by molar-refractivity contribution is 0.873. The highest BCUT2D eigenvalue weighted by Crippen LogP contribution is 2.37. The molecule has 1 heterocycles. The monoisotopic (exact) mass is 301 g/mol. The van der Waals surface area contributed by atoms with Crippen LogP contribution in [0.4, 0.5) is 0 Å². The van der Waals surface area contributed by atoms with E-state index in [-0.39, 0.29) is 0 Å². The Kier molecular flexibility index (Phi) is 3.26. The Bertz CT molecular complexity index is 919. The number of nitrogens with zero attached hydrogens (tertiary/aromatic N) is 1. The number of hydrogen-bond donors (Lipinski definition) is 0. The van der Waals surface area contributed by atoms with E-state index in [4.69, 9.17) is 4.98 Å². The van der Waals surface area contributed by atoms with Gasteiger partial charge in [-0.3, -0.25) is 0 Å². The van der Waals surface area contributed by atoms with E-state index >= 15 is 0 Å². The fourth-order valence-corrected chi connectivity index (χ4v) is 3.99. The first-order valence-corrected chi connectivity index (χ1v) is 8.57. The molecule has 0 unspecified atom stereocenters. The molecule has 1 aliphatic rings. The van der Waals surface area contributed by atoms with E-state index < -0.39 is 0 Å². The zero-order chi connectivity index (χ0) is 16.1. The SMILES string of the molecule is Cc1cc(C)c2c(c1)-c1nc3cccc(C(C)C)c3cc1CC2. The fourth-order valence-electron chi connectivity index (χ4n) is 3.99. The van der Waals surface area contributed by atoms with Crippen LogP contribution in [0.15, 0.2) is 36.4 Å². The van der Waals surface area contributed by atoms with Crippen molar-refractivity contribution in [3.63, 3.8) is 0 Å². The van der Waals surface area contributed by atoms with Crippen LogP contribution in [0.1, 0.15) is 47.6 Å². The first kappa shape index (κ1) is 14.4. The van der Waals surface area contributed by atoms with Crippen LogP contribution in [-0.2, 0) is 12.8 Å². The second kappa shape index (κ2) is 5.19. The van der Waals surface area contributed by atoms with Gasteiger partial charge in [-0.25, -0.2) is 4.98 Å². The van der Waals surface area contributed by atoms with E-state index in [2.05, 4.69) is 64.1 Å². The number of pyridine rings is 1. The number of hydrogen-bond acceptors (Lipinski definition) is 1. The molecule has 0 fully saturated rings. The Morgan fingerprint density at radius 3 is 2.61 bits per heavy atom. The van der Waals surface area contributed by atoms with Gasteiger partial charge in [0.05, 0.1) is 11.2 Å². The van der Waals surface area contributed by atoms with Crippen LogP contribution in [0.25, 0.3) is 22.2 Å². The standard InChI is InChI=1S/C22H23N/c1-13(2)17-6-5-7-21-19(17)12-16-8-9-18-15(4)10-14(3)11-20(18)22(16)23-21/h5-7,10-13H,8-9H2,1-4H3. The van der Waals surface area contributed by atoms with Gasteiger partial charge in [0.1, 0.15) is 0 Å². The minimum absolute atomic E-state index is 0.527. The molecule has 0 spiro atoms. The average molecular weight is 301 g/mol. The second-order valence-corrected chi connectivity index (χ2v) is 7.17. The summed E-state index contributed by atoms with van der Waals surface area (Å²) in [6.45, 7) is 8.93. The summed E-state index contributed by atoms with van der Waals surface area (Å²) in [4.78, 5) is 5.08. The van der Waals surface area contributed by atoms with Gasteiger partial charge in [0.25, 0.3) is 0 Å². The molecule has 0 N–H and O–H groups in total. The molecule has 0 saturated carbocycles. The summed E-state index contributed by atoms with van der Waals surface area (Å²) >= 11 is 0. The van der Waals surface area contributed by atoms with E-state index in [9.17, 15) is 0 Å². The van der Waals surface area contributed by atoms with Gasteiger partial charge in [0.15, 0.2) is 0 Å². The van der Waals surface area contributed by atoms with Gasteiger partial charge >= 0.3 is 0 Å². The normalized spacial score (nSPS) is 13.3. The molecule has 3 aromatic rings. The van der Waals surface area contributed by atoms with Crippen LogP contribution in [0.2, 0.25) is 0 Å². The van der Waals surface area contributed by atoms with Crippen molar-refractivity contribution in [1.29, 1.82) is 0 Å². The van der Waals surface area contributed by atoms with Gasteiger partial charge < -0.3 is 0 Å². The maximum Gasteiger partial charge on any atom is 0.0744 e. The predicted octanol–water partition coefficient (Wildman–Crippen LogP) is 5.74. The summed E-state index contributed by atoms with van der Waals surface area (Å²) in [5.74, 6) is 0.527. The lowest BCUT2D eigenvalue weighted by Gasteiger charge is -2.23. The van der Waals surface area contributed by atoms with Crippen molar-refractivity contribution < 1.29 is 0 Å². The number of benzene rings is 2. The first-order valence-electron chi connectivity index (χ1n) is 8.57. The Labute approximate surface area is 138 Å². The topological polar surface area (TPSA) is 12.9 Å². The highest BCUT2D eigenvalue weighted by molar-refractivity contribution is 5.88. The van der Waals surface area contributed by atoms with Gasteiger partial charge in [-0.1, -0.05) is 37.6 Å². The van der Waals surface area contributed by atoms with Gasteiger partial charge in [0.2, 0.25) is 0 Å². The summed E-state index contributed by atoms with van der Waals surface area (Å²) in [6.07, 6.45) is 2.23. The van der Waals surface area contributed by atoms with Crippen LogP contribution < -0.4 is 0 Å². The number of rotatable bonds is 1. The average Bonchev–Trinajstić information content (AvgIpc) is 2.52. The molecule has 1 aromatic heterocycles. The Morgan fingerprint density at radius 1 is 1.00 bits per heavy atom. The van der Waals surface area contributed by atoms with Gasteiger partial charge in [-0.2, -0.15) is 0 Å². The van der Waals surface area contributed by atoms with Gasteiger partial charge in [-0.05, 0) is 73.1 Å². The van der Waals surface area contributed by atoms with Crippen molar-refractivity contribution in [3.8, 4) is 11.3 Å². The summed E-state index contributed by atoms with van der Waals surface area (Å²) < 4.78 is 0. The molecule has 23 heavy (non-hydrogen) atoms. The third kappa shape index (κ3) is 2.26. The molecule has 0 amide bonds. The van der Waals surface area contributed by atoms with Crippen LogP contribution in [0, 0.1) is 13.8 Å². The third-order valence-corrected chi connectivity index (χ3v) is 5.11. The summed E-state index contributed by atoms with van der Waals surface area (Å²) in [7, 11) is 0. The van der Waals surface area contributed by atoms with Crippen LogP contribution in [0.3, 0.4) is 0 Å². The molecule has 1 aliphatic carbocycles. The van der Waals surface area contributed by atoms with Crippen LogP contribution in [-0.4, -0.2) is 4.98 Å². The highest BCUT2D eigenvalue weighted by Gasteiger charge is 2.21. The molecular weight excluding hydrogens is 278 g/mol. The molecule has 1 nitrogen and oxygen atoms in total. The number of fused-ring (bicyclic) bond motifs is 4. The highest BCUT2D eigenvalue weighted by atomic mass is 14.7. The number of aromatic nitrogens is 1. The molecular formula is C22H23N. The van der Waals surface area contributed by atoms with Crippen molar-refractivity contribution in [2.24, 2.45) is 0 Å². The largest absolute Gasteiger partial charge is 0.247 e. The molecule has 0 aliphatic heterocycles. The number of aryl methyl sites for hydroxylation is 3. The summed E-state index contributed by atoms with van der Waals surface area (Å²) in [5.41, 5.74) is 10.7. The van der Waals surface area contributed by atoms with Crippen LogP contribution >= 0.6 is 0 Å². The lowest BCUT2D eigenvalue weighted by atomic mass is 9.84. The fraction of sp³-hybridized carbons (Fsp3) is 0.318. The second-order valence-electron chi connectivity index (χ2n) is 7.17. The van der Waals surface area contributed by atoms with E-state index in [1.54, 1.807) is 0 Å². The summed E-state index contributed by atoms with van der Waals surface area (Å²) in [6, 6.07) is 13.5. The molecule has 0 atom stereocenters. The lowest BCUT2D eigenvalue weighted by Crippen LogP contribution is -2.08. The van der Waals surface area contributed by atoms with Gasteiger partial charge in [-0.15, -0.1) is 0 Å². The molecule has 2 aromatic carbocycles. The van der Waals surface area contributed by atoms with Crippen molar-refractivity contribution >= 4 is 10.9 Å². The van der Waals surface area contributed by atoms with Crippen LogP contribution in [0.5, 0.6) is 0 Å². The molecule has 0 bridgehead atoms. The van der Waals surface area contributed by atoms with Crippen molar-refractivity contribution in [2.75, 3.05) is 0 Å². The van der Waals surface area contributed by atoms with E-state index in [1.165, 1.54) is 44.5 Å².